The van der Waals surface area contributed by atoms with Gasteiger partial charge in [0, 0.05) is 22.8 Å². The summed E-state index contributed by atoms with van der Waals surface area (Å²) in [6, 6.07) is 3.19. The van der Waals surface area contributed by atoms with E-state index in [0.29, 0.717) is 23.7 Å². The van der Waals surface area contributed by atoms with E-state index in [1.807, 2.05) is 6.92 Å². The minimum Gasteiger partial charge on any atom is -0.437 e. The van der Waals surface area contributed by atoms with Crippen molar-refractivity contribution in [3.63, 3.8) is 0 Å². The summed E-state index contributed by atoms with van der Waals surface area (Å²) in [7, 11) is 0. The summed E-state index contributed by atoms with van der Waals surface area (Å²) < 4.78 is 19.6. The van der Waals surface area contributed by atoms with Gasteiger partial charge in [-0.3, -0.25) is 4.98 Å². The van der Waals surface area contributed by atoms with Gasteiger partial charge >= 0.3 is 0 Å². The fraction of sp³-hybridized carbons (Fsp3) is 0.231. The lowest BCUT2D eigenvalue weighted by atomic mass is 10.2. The van der Waals surface area contributed by atoms with Gasteiger partial charge in [0.1, 0.15) is 11.6 Å². The van der Waals surface area contributed by atoms with Crippen molar-refractivity contribution < 1.29 is 9.13 Å². The van der Waals surface area contributed by atoms with Gasteiger partial charge in [-0.25, -0.2) is 9.37 Å². The predicted molar refractivity (Wildman–Crippen MR) is 73.6 cm³/mol. The van der Waals surface area contributed by atoms with Gasteiger partial charge in [0.05, 0.1) is 12.4 Å². The van der Waals surface area contributed by atoms with Crippen LogP contribution in [0.5, 0.6) is 11.6 Å². The Hall–Kier alpha value is -1.53. The van der Waals surface area contributed by atoms with Crippen LogP contribution in [-0.4, -0.2) is 16.5 Å². The fourth-order valence-electron chi connectivity index (χ4n) is 1.51. The molecule has 0 spiro atoms. The van der Waals surface area contributed by atoms with Gasteiger partial charge in [-0.15, -0.1) is 0 Å². The highest BCUT2D eigenvalue weighted by Crippen LogP contribution is 2.25. The molecule has 0 atom stereocenters. The number of halogens is 2. The van der Waals surface area contributed by atoms with E-state index < -0.39 is 0 Å². The van der Waals surface area contributed by atoms with Crippen molar-refractivity contribution >= 4 is 15.9 Å². The maximum atomic E-state index is 13.2. The molecule has 0 aliphatic rings. The zero-order valence-corrected chi connectivity index (χ0v) is 11.9. The Bertz CT molecular complexity index is 565. The molecule has 2 aromatic heterocycles. The smallest absolute Gasteiger partial charge is 0.223 e. The third kappa shape index (κ3) is 3.97. The first-order valence-corrected chi connectivity index (χ1v) is 6.62. The molecule has 0 saturated heterocycles. The zero-order valence-electron chi connectivity index (χ0n) is 10.4. The van der Waals surface area contributed by atoms with Crippen LogP contribution < -0.4 is 10.1 Å². The maximum Gasteiger partial charge on any atom is 0.223 e. The zero-order chi connectivity index (χ0) is 13.7. The van der Waals surface area contributed by atoms with E-state index in [0.717, 1.165) is 17.2 Å². The van der Waals surface area contributed by atoms with Crippen molar-refractivity contribution in [2.24, 2.45) is 0 Å². The Kier molecular flexibility index (Phi) is 4.81. The first-order valence-electron chi connectivity index (χ1n) is 5.82. The highest BCUT2D eigenvalue weighted by atomic mass is 79.9. The van der Waals surface area contributed by atoms with Gasteiger partial charge in [-0.2, -0.15) is 0 Å². The molecule has 0 radical (unpaired) electrons. The van der Waals surface area contributed by atoms with E-state index in [4.69, 9.17) is 4.74 Å². The number of ether oxygens (including phenoxy) is 1. The van der Waals surface area contributed by atoms with Crippen molar-refractivity contribution in [1.29, 1.82) is 0 Å². The summed E-state index contributed by atoms with van der Waals surface area (Å²) >= 11 is 3.31. The first-order chi connectivity index (χ1) is 9.19. The Morgan fingerprint density at radius 1 is 1.32 bits per heavy atom. The molecular formula is C13H13BrFN3O. The average molecular weight is 326 g/mol. The van der Waals surface area contributed by atoms with E-state index >= 15 is 0 Å². The van der Waals surface area contributed by atoms with E-state index in [1.54, 1.807) is 18.5 Å². The highest BCUT2D eigenvalue weighted by Gasteiger charge is 2.08. The predicted octanol–water partition coefficient (Wildman–Crippen LogP) is 3.28. The van der Waals surface area contributed by atoms with Crippen LogP contribution >= 0.6 is 15.9 Å². The number of hydrogen-bond acceptors (Lipinski definition) is 4. The normalized spacial score (nSPS) is 10.5. The minimum atomic E-state index is -0.382. The monoisotopic (exact) mass is 325 g/mol. The van der Waals surface area contributed by atoms with Gasteiger partial charge in [0.15, 0.2) is 0 Å². The maximum absolute atomic E-state index is 13.2. The van der Waals surface area contributed by atoms with Crippen molar-refractivity contribution in [2.45, 2.75) is 13.5 Å². The number of pyridine rings is 2. The molecule has 0 aromatic carbocycles. The molecule has 4 nitrogen and oxygen atoms in total. The lowest BCUT2D eigenvalue weighted by Gasteiger charge is -2.10. The second-order valence-corrected chi connectivity index (χ2v) is 4.75. The summed E-state index contributed by atoms with van der Waals surface area (Å²) in [4.78, 5) is 7.98. The van der Waals surface area contributed by atoms with E-state index in [9.17, 15) is 4.39 Å². The number of rotatable bonds is 5. The summed E-state index contributed by atoms with van der Waals surface area (Å²) in [5.41, 5.74) is 0.668. The van der Waals surface area contributed by atoms with Gasteiger partial charge in [0.2, 0.25) is 5.88 Å². The Morgan fingerprint density at radius 2 is 2.16 bits per heavy atom. The summed E-state index contributed by atoms with van der Waals surface area (Å²) in [6.45, 7) is 3.26. The quantitative estimate of drug-likeness (QED) is 0.916. The number of nitrogens with one attached hydrogen (secondary N) is 1. The molecule has 0 amide bonds. The van der Waals surface area contributed by atoms with Gasteiger partial charge in [0.25, 0.3) is 0 Å². The SMILES string of the molecule is CCNCc1cc(F)cnc1Oc1cncc(Br)c1. The molecule has 0 saturated carbocycles. The van der Waals surface area contributed by atoms with Gasteiger partial charge in [-0.05, 0) is 34.6 Å². The van der Waals surface area contributed by atoms with Crippen LogP contribution in [0.15, 0.2) is 35.2 Å². The van der Waals surface area contributed by atoms with Crippen LogP contribution in [0, 0.1) is 5.82 Å². The number of hydrogen-bond donors (Lipinski definition) is 1. The molecule has 0 aliphatic heterocycles. The Balaban J connectivity index is 2.23. The molecule has 0 aliphatic carbocycles. The van der Waals surface area contributed by atoms with Crippen LogP contribution in [0.4, 0.5) is 4.39 Å². The van der Waals surface area contributed by atoms with Gasteiger partial charge in [-0.1, -0.05) is 6.92 Å². The van der Waals surface area contributed by atoms with Crippen molar-refractivity contribution in [3.8, 4) is 11.6 Å². The second kappa shape index (κ2) is 6.58. The first kappa shape index (κ1) is 13.9. The number of aromatic nitrogens is 2. The minimum absolute atomic E-state index is 0.377. The van der Waals surface area contributed by atoms with Gasteiger partial charge < -0.3 is 10.1 Å². The molecule has 2 rings (SSSR count). The molecule has 100 valence electrons. The lowest BCUT2D eigenvalue weighted by Crippen LogP contribution is -2.13. The summed E-state index contributed by atoms with van der Waals surface area (Å²) in [6.07, 6.45) is 4.37. The van der Waals surface area contributed by atoms with E-state index in [-0.39, 0.29) is 5.82 Å². The molecule has 0 bridgehead atoms. The summed E-state index contributed by atoms with van der Waals surface area (Å²) in [5.74, 6) is 0.543. The molecule has 2 heterocycles. The Morgan fingerprint density at radius 3 is 2.89 bits per heavy atom. The van der Waals surface area contributed by atoms with Crippen molar-refractivity contribution in [1.82, 2.24) is 15.3 Å². The third-order valence-corrected chi connectivity index (χ3v) is 2.79. The van der Waals surface area contributed by atoms with Crippen LogP contribution in [0.2, 0.25) is 0 Å². The van der Waals surface area contributed by atoms with Crippen LogP contribution in [0.3, 0.4) is 0 Å². The van der Waals surface area contributed by atoms with Crippen LogP contribution in [-0.2, 0) is 6.54 Å². The molecule has 0 unspecified atom stereocenters. The third-order valence-electron chi connectivity index (χ3n) is 2.35. The highest BCUT2D eigenvalue weighted by molar-refractivity contribution is 9.10. The standard InChI is InChI=1S/C13H13BrFN3O/c1-2-16-5-9-3-11(15)7-18-13(9)19-12-4-10(14)6-17-8-12/h3-4,6-8,16H,2,5H2,1H3. The molecule has 0 fully saturated rings. The topological polar surface area (TPSA) is 47.0 Å². The average Bonchev–Trinajstić information content (AvgIpc) is 2.39. The van der Waals surface area contributed by atoms with E-state index in [1.165, 1.54) is 6.07 Å². The molecule has 1 N–H and O–H groups in total. The Labute approximate surface area is 119 Å². The second-order valence-electron chi connectivity index (χ2n) is 3.84. The molecular weight excluding hydrogens is 313 g/mol. The van der Waals surface area contributed by atoms with E-state index in [2.05, 4.69) is 31.2 Å². The summed E-state index contributed by atoms with van der Waals surface area (Å²) in [5, 5.41) is 3.12. The number of nitrogens with zero attached hydrogens (tertiary/aromatic N) is 2. The fourth-order valence-corrected chi connectivity index (χ4v) is 1.85. The molecule has 6 heteroatoms. The van der Waals surface area contributed by atoms with Crippen LogP contribution in [0.25, 0.3) is 0 Å². The van der Waals surface area contributed by atoms with Crippen molar-refractivity contribution in [3.05, 3.63) is 46.6 Å². The lowest BCUT2D eigenvalue weighted by molar-refractivity contribution is 0.446. The van der Waals surface area contributed by atoms with Crippen molar-refractivity contribution in [2.75, 3.05) is 6.54 Å². The van der Waals surface area contributed by atoms with Crippen LogP contribution in [0.1, 0.15) is 12.5 Å². The largest absolute Gasteiger partial charge is 0.437 e. The molecule has 2 aromatic rings. The molecule has 19 heavy (non-hydrogen) atoms.